The monoisotopic (exact) mass is 215 g/mol. The van der Waals surface area contributed by atoms with Gasteiger partial charge in [0.15, 0.2) is 0 Å². The summed E-state index contributed by atoms with van der Waals surface area (Å²) in [5.41, 5.74) is 5.10. The summed E-state index contributed by atoms with van der Waals surface area (Å²) in [4.78, 5) is 22.7. The number of nitrogens with one attached hydrogen (secondary N) is 1. The van der Waals surface area contributed by atoms with Gasteiger partial charge in [-0.05, 0) is 6.42 Å². The number of hydrogen-bond acceptors (Lipinski definition) is 3. The topological polar surface area (TPSA) is 75.4 Å². The lowest BCUT2D eigenvalue weighted by Crippen LogP contribution is -2.40. The molecule has 0 atom stereocenters. The second-order valence-corrected chi connectivity index (χ2v) is 3.56. The predicted molar refractivity (Wildman–Crippen MR) is 59.0 cm³/mol. The van der Waals surface area contributed by atoms with Crippen LogP contribution in [0.15, 0.2) is 0 Å². The van der Waals surface area contributed by atoms with Crippen LogP contribution in [0, 0.1) is 0 Å². The van der Waals surface area contributed by atoms with Crippen LogP contribution in [0.2, 0.25) is 0 Å². The van der Waals surface area contributed by atoms with Gasteiger partial charge in [-0.25, -0.2) is 0 Å². The fourth-order valence-corrected chi connectivity index (χ4v) is 1.36. The van der Waals surface area contributed by atoms with E-state index >= 15 is 0 Å². The molecular weight excluding hydrogens is 194 g/mol. The van der Waals surface area contributed by atoms with Gasteiger partial charge >= 0.3 is 0 Å². The molecule has 0 fully saturated rings. The van der Waals surface area contributed by atoms with Crippen LogP contribution >= 0.6 is 0 Å². The Bertz CT molecular complexity index is 186. The summed E-state index contributed by atoms with van der Waals surface area (Å²) in [6.45, 7) is 3.53. The van der Waals surface area contributed by atoms with E-state index in [0.29, 0.717) is 13.1 Å². The van der Waals surface area contributed by atoms with Crippen molar-refractivity contribution in [2.24, 2.45) is 5.73 Å². The van der Waals surface area contributed by atoms with Crippen LogP contribution in [0.4, 0.5) is 0 Å². The Balaban J connectivity index is 3.68. The Kier molecular flexibility index (Phi) is 8.76. The van der Waals surface area contributed by atoms with E-state index in [0.717, 1.165) is 19.4 Å². The number of rotatable bonds is 10. The van der Waals surface area contributed by atoms with Gasteiger partial charge in [0.2, 0.25) is 12.3 Å². The molecule has 0 aromatic heterocycles. The largest absolute Gasteiger partial charge is 0.369 e. The van der Waals surface area contributed by atoms with E-state index < -0.39 is 0 Å². The van der Waals surface area contributed by atoms with Gasteiger partial charge in [-0.2, -0.15) is 0 Å². The van der Waals surface area contributed by atoms with Crippen LogP contribution in [0.25, 0.3) is 0 Å². The van der Waals surface area contributed by atoms with E-state index in [1.54, 1.807) is 0 Å². The summed E-state index contributed by atoms with van der Waals surface area (Å²) < 4.78 is 0. The molecule has 88 valence electrons. The maximum absolute atomic E-state index is 10.7. The van der Waals surface area contributed by atoms with Gasteiger partial charge in [0.1, 0.15) is 0 Å². The van der Waals surface area contributed by atoms with Crippen LogP contribution in [0.3, 0.4) is 0 Å². The summed E-state index contributed by atoms with van der Waals surface area (Å²) in [7, 11) is 0. The molecule has 3 N–H and O–H groups in total. The maximum Gasteiger partial charge on any atom is 0.231 e. The van der Waals surface area contributed by atoms with Gasteiger partial charge < -0.3 is 11.1 Å². The number of nitrogens with two attached hydrogens (primary N) is 1. The fraction of sp³-hybridized carbons (Fsp3) is 0.800. The first-order valence-electron chi connectivity index (χ1n) is 5.38. The standard InChI is InChI=1S/C10H21N3O2/c1-2-3-4-5-6-13(7-10(11)15)8-12-9-14/h9H,2-8H2,1H3,(H2,11,15)(H,12,14). The third kappa shape index (κ3) is 9.21. The Morgan fingerprint density at radius 2 is 2.13 bits per heavy atom. The van der Waals surface area contributed by atoms with Crippen molar-refractivity contribution < 1.29 is 9.59 Å². The van der Waals surface area contributed by atoms with Crippen LogP contribution in [-0.2, 0) is 9.59 Å². The van der Waals surface area contributed by atoms with Gasteiger partial charge in [-0.3, -0.25) is 14.5 Å². The molecule has 0 saturated carbocycles. The molecule has 0 aromatic rings. The normalized spacial score (nSPS) is 10.3. The van der Waals surface area contributed by atoms with Gasteiger partial charge in [0.05, 0.1) is 13.2 Å². The molecule has 0 unspecified atom stereocenters. The van der Waals surface area contributed by atoms with Crippen molar-refractivity contribution in [3.63, 3.8) is 0 Å². The molecule has 5 heteroatoms. The number of amides is 2. The molecule has 2 amide bonds. The van der Waals surface area contributed by atoms with Gasteiger partial charge in [-0.15, -0.1) is 0 Å². The highest BCUT2D eigenvalue weighted by Gasteiger charge is 2.06. The molecule has 0 heterocycles. The molecule has 0 saturated heterocycles. The summed E-state index contributed by atoms with van der Waals surface area (Å²) in [6.07, 6.45) is 5.18. The fourth-order valence-electron chi connectivity index (χ4n) is 1.36. The predicted octanol–water partition coefficient (Wildman–Crippen LogP) is 0.0575. The average Bonchev–Trinajstić information content (AvgIpc) is 2.19. The highest BCUT2D eigenvalue weighted by Crippen LogP contribution is 2.00. The summed E-state index contributed by atoms with van der Waals surface area (Å²) in [5, 5.41) is 2.53. The Morgan fingerprint density at radius 3 is 2.67 bits per heavy atom. The lowest BCUT2D eigenvalue weighted by molar-refractivity contribution is -0.120. The molecule has 0 aromatic carbocycles. The van der Waals surface area contributed by atoms with E-state index in [1.807, 2.05) is 4.90 Å². The first kappa shape index (κ1) is 13.9. The third-order valence-corrected chi connectivity index (χ3v) is 2.11. The van der Waals surface area contributed by atoms with Crippen molar-refractivity contribution in [1.29, 1.82) is 0 Å². The molecule has 5 nitrogen and oxygen atoms in total. The third-order valence-electron chi connectivity index (χ3n) is 2.11. The quantitative estimate of drug-likeness (QED) is 0.307. The minimum absolute atomic E-state index is 0.201. The van der Waals surface area contributed by atoms with E-state index in [1.165, 1.54) is 12.8 Å². The summed E-state index contributed by atoms with van der Waals surface area (Å²) in [5.74, 6) is -0.363. The van der Waals surface area contributed by atoms with Gasteiger partial charge in [0, 0.05) is 6.54 Å². The van der Waals surface area contributed by atoms with Crippen LogP contribution in [0.1, 0.15) is 32.6 Å². The van der Waals surface area contributed by atoms with E-state index in [-0.39, 0.29) is 12.5 Å². The number of nitrogens with zero attached hydrogens (tertiary/aromatic N) is 1. The number of primary amides is 1. The molecule has 0 radical (unpaired) electrons. The summed E-state index contributed by atoms with van der Waals surface area (Å²) >= 11 is 0. The minimum atomic E-state index is -0.363. The lowest BCUT2D eigenvalue weighted by atomic mass is 10.2. The van der Waals surface area contributed by atoms with E-state index in [2.05, 4.69) is 12.2 Å². The second kappa shape index (κ2) is 9.45. The van der Waals surface area contributed by atoms with Crippen LogP contribution in [-0.4, -0.2) is 37.0 Å². The number of unbranched alkanes of at least 4 members (excludes halogenated alkanes) is 3. The highest BCUT2D eigenvalue weighted by molar-refractivity contribution is 5.75. The zero-order valence-corrected chi connectivity index (χ0v) is 9.37. The van der Waals surface area contributed by atoms with Crippen molar-refractivity contribution in [3.8, 4) is 0 Å². The smallest absolute Gasteiger partial charge is 0.231 e. The molecule has 0 bridgehead atoms. The molecule has 0 aliphatic rings. The zero-order valence-electron chi connectivity index (χ0n) is 9.37. The minimum Gasteiger partial charge on any atom is -0.369 e. The molecule has 0 spiro atoms. The first-order chi connectivity index (χ1) is 7.20. The molecule has 0 aliphatic heterocycles. The number of hydrogen-bond donors (Lipinski definition) is 2. The highest BCUT2D eigenvalue weighted by atomic mass is 16.1. The van der Waals surface area contributed by atoms with E-state index in [4.69, 9.17) is 5.73 Å². The van der Waals surface area contributed by atoms with Gasteiger partial charge in [-0.1, -0.05) is 26.2 Å². The molecule has 15 heavy (non-hydrogen) atoms. The SMILES string of the molecule is CCCCCCN(CNC=O)CC(N)=O. The van der Waals surface area contributed by atoms with Crippen LogP contribution in [0.5, 0.6) is 0 Å². The van der Waals surface area contributed by atoms with Crippen molar-refractivity contribution in [1.82, 2.24) is 10.2 Å². The van der Waals surface area contributed by atoms with Crippen molar-refractivity contribution >= 4 is 12.3 Å². The lowest BCUT2D eigenvalue weighted by Gasteiger charge is -2.19. The van der Waals surface area contributed by atoms with Crippen molar-refractivity contribution in [3.05, 3.63) is 0 Å². The van der Waals surface area contributed by atoms with E-state index in [9.17, 15) is 9.59 Å². The Morgan fingerprint density at radius 1 is 1.40 bits per heavy atom. The molecule has 0 rings (SSSR count). The number of carbonyl (C=O) groups is 2. The summed E-state index contributed by atoms with van der Waals surface area (Å²) in [6, 6.07) is 0. The average molecular weight is 215 g/mol. The van der Waals surface area contributed by atoms with Crippen molar-refractivity contribution in [2.45, 2.75) is 32.6 Å². The number of carbonyl (C=O) groups excluding carboxylic acids is 2. The zero-order chi connectivity index (χ0) is 11.5. The molecular formula is C10H21N3O2. The maximum atomic E-state index is 10.7. The Hall–Kier alpha value is -1.10. The second-order valence-electron chi connectivity index (χ2n) is 3.56. The molecule has 0 aliphatic carbocycles. The Labute approximate surface area is 91.0 Å². The van der Waals surface area contributed by atoms with Gasteiger partial charge in [0.25, 0.3) is 0 Å². The van der Waals surface area contributed by atoms with Crippen LogP contribution < -0.4 is 11.1 Å². The first-order valence-corrected chi connectivity index (χ1v) is 5.38. The van der Waals surface area contributed by atoms with Crippen molar-refractivity contribution in [2.75, 3.05) is 19.8 Å².